The van der Waals surface area contributed by atoms with Crippen LogP contribution in [-0.2, 0) is 13.0 Å². The minimum Gasteiger partial charge on any atom is -0.508 e. The van der Waals surface area contributed by atoms with Gasteiger partial charge < -0.3 is 15.9 Å². The van der Waals surface area contributed by atoms with Crippen LogP contribution in [0.25, 0.3) is 0 Å². The van der Waals surface area contributed by atoms with Crippen LogP contribution in [0.1, 0.15) is 61.6 Å². The van der Waals surface area contributed by atoms with Crippen molar-refractivity contribution in [1.82, 2.24) is 0 Å². The maximum Gasteiger partial charge on any atom is 0.120 e. The largest absolute Gasteiger partial charge is 0.508 e. The quantitative estimate of drug-likeness (QED) is 0.747. The number of hydrogen-bond acceptors (Lipinski definition) is 3. The number of aryl methyl sites for hydroxylation is 1. The first-order chi connectivity index (χ1) is 10.5. The summed E-state index contributed by atoms with van der Waals surface area (Å²) < 4.78 is 0. The number of aliphatic hydroxyl groups excluding tert-OH is 1. The molecule has 22 heavy (non-hydrogen) atoms. The summed E-state index contributed by atoms with van der Waals surface area (Å²) in [5, 5.41) is 20.5. The maximum absolute atomic E-state index is 10.4. The fraction of sp³-hybridized carbons (Fsp3) is 0.684. The predicted octanol–water partition coefficient (Wildman–Crippen LogP) is 3.07. The van der Waals surface area contributed by atoms with Gasteiger partial charge in [-0.25, -0.2) is 0 Å². The summed E-state index contributed by atoms with van der Waals surface area (Å²) in [6.45, 7) is 2.71. The van der Waals surface area contributed by atoms with Crippen molar-refractivity contribution in [3.63, 3.8) is 0 Å². The van der Waals surface area contributed by atoms with Gasteiger partial charge in [-0.15, -0.1) is 0 Å². The normalized spacial score (nSPS) is 40.0. The summed E-state index contributed by atoms with van der Waals surface area (Å²) in [5.74, 6) is 2.30. The molecule has 0 radical (unpaired) electrons. The molecule has 0 aromatic heterocycles. The zero-order valence-corrected chi connectivity index (χ0v) is 13.4. The SMILES string of the molecule is C[C@]12CC[C@@H]3c4cc(CN)c(O)cc4CC[C@H]3[C@@H]1CC[C@@H]2O. The van der Waals surface area contributed by atoms with E-state index in [2.05, 4.69) is 13.0 Å². The molecule has 120 valence electrons. The smallest absolute Gasteiger partial charge is 0.120 e. The molecular formula is C19H27NO2. The number of hydrogen-bond donors (Lipinski definition) is 3. The van der Waals surface area contributed by atoms with Gasteiger partial charge in [-0.05, 0) is 78.9 Å². The number of benzene rings is 1. The van der Waals surface area contributed by atoms with Crippen LogP contribution in [-0.4, -0.2) is 16.3 Å². The van der Waals surface area contributed by atoms with Crippen molar-refractivity contribution in [1.29, 1.82) is 0 Å². The molecule has 0 aliphatic heterocycles. The molecule has 3 nitrogen and oxygen atoms in total. The first kappa shape index (κ1) is 14.5. The standard InChI is InChI=1S/C19H27NO2/c1-19-7-6-13-14(16(19)4-5-18(19)22)3-2-11-9-17(21)12(10-20)8-15(11)13/h8-9,13-14,16,18,21-22H,2-7,10,20H2,1H3/t13-,14+,16-,18-,19-/m0/s1. The van der Waals surface area contributed by atoms with Crippen LogP contribution in [0.2, 0.25) is 0 Å². The second-order valence-electron chi connectivity index (χ2n) is 7.94. The minimum absolute atomic E-state index is 0.112. The Morgan fingerprint density at radius 3 is 2.82 bits per heavy atom. The third-order valence-electron chi connectivity index (χ3n) is 7.09. The third-order valence-corrected chi connectivity index (χ3v) is 7.09. The van der Waals surface area contributed by atoms with Crippen molar-refractivity contribution in [3.05, 3.63) is 28.8 Å². The molecule has 0 unspecified atom stereocenters. The van der Waals surface area contributed by atoms with Crippen molar-refractivity contribution < 1.29 is 10.2 Å². The molecule has 0 bridgehead atoms. The first-order valence-electron chi connectivity index (χ1n) is 8.77. The number of nitrogens with two attached hydrogens (primary N) is 1. The number of phenols is 1. The van der Waals surface area contributed by atoms with E-state index in [0.717, 1.165) is 31.2 Å². The van der Waals surface area contributed by atoms with Gasteiger partial charge in [0.25, 0.3) is 0 Å². The zero-order chi connectivity index (χ0) is 15.5. The second kappa shape index (κ2) is 4.97. The lowest BCUT2D eigenvalue weighted by Crippen LogP contribution is -2.43. The fourth-order valence-corrected chi connectivity index (χ4v) is 5.79. The van der Waals surface area contributed by atoms with Crippen molar-refractivity contribution in [2.24, 2.45) is 23.0 Å². The lowest BCUT2D eigenvalue weighted by atomic mass is 9.55. The minimum atomic E-state index is -0.112. The van der Waals surface area contributed by atoms with E-state index in [0.29, 0.717) is 30.0 Å². The van der Waals surface area contributed by atoms with Crippen molar-refractivity contribution in [2.75, 3.05) is 0 Å². The molecule has 3 aliphatic rings. The summed E-state index contributed by atoms with van der Waals surface area (Å²) in [5.41, 5.74) is 9.54. The van der Waals surface area contributed by atoms with Crippen LogP contribution in [0.4, 0.5) is 0 Å². The van der Waals surface area contributed by atoms with Crippen molar-refractivity contribution in [3.8, 4) is 5.75 Å². The number of aliphatic hydroxyl groups is 1. The summed E-state index contributed by atoms with van der Waals surface area (Å²) in [6, 6.07) is 4.11. The Morgan fingerprint density at radius 1 is 1.23 bits per heavy atom. The Labute approximate surface area is 132 Å². The fourth-order valence-electron chi connectivity index (χ4n) is 5.79. The second-order valence-corrected chi connectivity index (χ2v) is 7.94. The van der Waals surface area contributed by atoms with Crippen molar-refractivity contribution >= 4 is 0 Å². The molecule has 3 aliphatic carbocycles. The van der Waals surface area contributed by atoms with Crippen LogP contribution in [0.3, 0.4) is 0 Å². The highest BCUT2D eigenvalue weighted by Crippen LogP contribution is 2.61. The van der Waals surface area contributed by atoms with Gasteiger partial charge in [0.2, 0.25) is 0 Å². The molecular weight excluding hydrogens is 274 g/mol. The van der Waals surface area contributed by atoms with Gasteiger partial charge >= 0.3 is 0 Å². The van der Waals surface area contributed by atoms with E-state index in [1.54, 1.807) is 0 Å². The van der Waals surface area contributed by atoms with Crippen LogP contribution in [0.15, 0.2) is 12.1 Å². The Balaban J connectivity index is 1.72. The molecule has 0 amide bonds. The Kier molecular flexibility index (Phi) is 3.28. The topological polar surface area (TPSA) is 66.5 Å². The molecule has 5 atom stereocenters. The predicted molar refractivity (Wildman–Crippen MR) is 86.6 cm³/mol. The summed E-state index contributed by atoms with van der Waals surface area (Å²) in [4.78, 5) is 0. The number of aromatic hydroxyl groups is 1. The lowest BCUT2D eigenvalue weighted by molar-refractivity contribution is -0.0226. The van der Waals surface area contributed by atoms with Gasteiger partial charge in [-0.1, -0.05) is 13.0 Å². The summed E-state index contributed by atoms with van der Waals surface area (Å²) >= 11 is 0. The molecule has 4 rings (SSSR count). The monoisotopic (exact) mass is 301 g/mol. The lowest BCUT2D eigenvalue weighted by Gasteiger charge is -2.50. The van der Waals surface area contributed by atoms with Gasteiger partial charge in [0.15, 0.2) is 0 Å². The summed E-state index contributed by atoms with van der Waals surface area (Å²) in [6.07, 6.45) is 6.58. The van der Waals surface area contributed by atoms with E-state index >= 15 is 0 Å². The zero-order valence-electron chi connectivity index (χ0n) is 13.4. The average Bonchev–Trinajstić information content (AvgIpc) is 2.82. The first-order valence-corrected chi connectivity index (χ1v) is 8.77. The van der Waals surface area contributed by atoms with E-state index in [1.807, 2.05) is 6.07 Å². The van der Waals surface area contributed by atoms with Gasteiger partial charge in [-0.2, -0.15) is 0 Å². The molecule has 4 N–H and O–H groups in total. The van der Waals surface area contributed by atoms with Crippen molar-refractivity contribution in [2.45, 2.75) is 64.0 Å². The number of fused-ring (bicyclic) bond motifs is 5. The van der Waals surface area contributed by atoms with Crippen LogP contribution >= 0.6 is 0 Å². The third kappa shape index (κ3) is 1.88. The van der Waals surface area contributed by atoms with Crippen LogP contribution in [0.5, 0.6) is 5.75 Å². The van der Waals surface area contributed by atoms with Gasteiger partial charge in [0.05, 0.1) is 6.10 Å². The highest BCUT2D eigenvalue weighted by atomic mass is 16.3. The average molecular weight is 301 g/mol. The molecule has 2 saturated carbocycles. The number of phenolic OH excluding ortho intramolecular Hbond substituents is 1. The van der Waals surface area contributed by atoms with E-state index < -0.39 is 0 Å². The van der Waals surface area contributed by atoms with E-state index in [9.17, 15) is 10.2 Å². The number of rotatable bonds is 1. The van der Waals surface area contributed by atoms with Gasteiger partial charge in [-0.3, -0.25) is 0 Å². The molecule has 0 saturated heterocycles. The molecule has 1 aromatic rings. The maximum atomic E-state index is 10.4. The molecule has 1 aromatic carbocycles. The Hall–Kier alpha value is -1.06. The Bertz CT molecular complexity index is 599. The van der Waals surface area contributed by atoms with E-state index in [4.69, 9.17) is 5.73 Å². The van der Waals surface area contributed by atoms with E-state index in [1.165, 1.54) is 24.0 Å². The highest BCUT2D eigenvalue weighted by molar-refractivity contribution is 5.45. The van der Waals surface area contributed by atoms with Crippen LogP contribution in [0, 0.1) is 17.3 Å². The van der Waals surface area contributed by atoms with Gasteiger partial charge in [0, 0.05) is 12.1 Å². The van der Waals surface area contributed by atoms with E-state index in [-0.39, 0.29) is 11.5 Å². The van der Waals surface area contributed by atoms with Gasteiger partial charge in [0.1, 0.15) is 5.75 Å². The highest BCUT2D eigenvalue weighted by Gasteiger charge is 2.54. The summed E-state index contributed by atoms with van der Waals surface area (Å²) in [7, 11) is 0. The molecule has 3 heteroatoms. The molecule has 0 spiro atoms. The molecule has 0 heterocycles. The van der Waals surface area contributed by atoms with Crippen LogP contribution < -0.4 is 5.73 Å². The molecule has 2 fully saturated rings. The Morgan fingerprint density at radius 2 is 2.05 bits per heavy atom.